The highest BCUT2D eigenvalue weighted by Crippen LogP contribution is 2.29. The number of carbonyl (C=O) groups is 2. The van der Waals surface area contributed by atoms with Crippen LogP contribution in [0.2, 0.25) is 0 Å². The largest absolute Gasteiger partial charge is 0.461 e. The maximum atomic E-state index is 13.8. The Balaban J connectivity index is 1.47. The molecule has 3 N–H and O–H groups in total. The van der Waals surface area contributed by atoms with E-state index < -0.39 is 11.8 Å². The summed E-state index contributed by atoms with van der Waals surface area (Å²) in [7, 11) is 0. The van der Waals surface area contributed by atoms with Crippen LogP contribution in [0.15, 0.2) is 42.5 Å². The van der Waals surface area contributed by atoms with Gasteiger partial charge in [-0.1, -0.05) is 24.3 Å². The first-order valence-corrected chi connectivity index (χ1v) is 10.2. The van der Waals surface area contributed by atoms with Crippen LogP contribution in [0.4, 0.5) is 10.1 Å². The van der Waals surface area contributed by atoms with Gasteiger partial charge in [-0.3, -0.25) is 4.79 Å². The average molecular weight is 410 g/mol. The van der Waals surface area contributed by atoms with Gasteiger partial charge in [0.1, 0.15) is 18.1 Å². The molecule has 0 saturated carbocycles. The van der Waals surface area contributed by atoms with Crippen molar-refractivity contribution in [3.05, 3.63) is 65.1 Å². The number of anilines is 1. The van der Waals surface area contributed by atoms with Gasteiger partial charge < -0.3 is 19.9 Å². The van der Waals surface area contributed by atoms with Crippen molar-refractivity contribution in [1.82, 2.24) is 4.98 Å². The summed E-state index contributed by atoms with van der Waals surface area (Å²) in [6.45, 7) is 4.48. The number of quaternary nitrogens is 1. The summed E-state index contributed by atoms with van der Waals surface area (Å²) >= 11 is 0. The van der Waals surface area contributed by atoms with Crippen molar-refractivity contribution >= 4 is 28.5 Å². The van der Waals surface area contributed by atoms with Crippen LogP contribution in [0.5, 0.6) is 0 Å². The fourth-order valence-corrected chi connectivity index (χ4v) is 4.00. The summed E-state index contributed by atoms with van der Waals surface area (Å²) in [4.78, 5) is 29.3. The molecule has 30 heavy (non-hydrogen) atoms. The van der Waals surface area contributed by atoms with E-state index in [0.717, 1.165) is 19.5 Å². The maximum Gasteiger partial charge on any atom is 0.356 e. The lowest BCUT2D eigenvalue weighted by Gasteiger charge is -2.25. The lowest BCUT2D eigenvalue weighted by atomic mass is 10.00. The van der Waals surface area contributed by atoms with E-state index in [1.165, 1.54) is 28.2 Å². The number of amides is 1. The number of carbonyl (C=O) groups excluding carboxylic acids is 2. The second-order valence-corrected chi connectivity index (χ2v) is 7.53. The molecular formula is C23H25FN3O3+. The second kappa shape index (κ2) is 8.67. The van der Waals surface area contributed by atoms with Crippen molar-refractivity contribution in [2.45, 2.75) is 26.3 Å². The number of hydrogen-bond donors (Lipinski definition) is 3. The fourth-order valence-electron chi connectivity index (χ4n) is 4.00. The van der Waals surface area contributed by atoms with E-state index in [4.69, 9.17) is 4.74 Å². The number of esters is 1. The predicted octanol–water partition coefficient (Wildman–Crippen LogP) is 2.45. The molecule has 1 aromatic heterocycles. The molecule has 4 rings (SSSR count). The molecule has 156 valence electrons. The van der Waals surface area contributed by atoms with E-state index in [1.54, 1.807) is 13.0 Å². The monoisotopic (exact) mass is 410 g/mol. The third-order valence-electron chi connectivity index (χ3n) is 5.52. The van der Waals surface area contributed by atoms with Crippen molar-refractivity contribution in [2.24, 2.45) is 0 Å². The molecule has 2 aromatic carbocycles. The van der Waals surface area contributed by atoms with Crippen LogP contribution in [-0.2, 0) is 22.5 Å². The molecule has 0 radical (unpaired) electrons. The average Bonchev–Trinajstić information content (AvgIpc) is 3.10. The van der Waals surface area contributed by atoms with Crippen molar-refractivity contribution in [3.63, 3.8) is 0 Å². The number of ether oxygens (including phenoxy) is 1. The zero-order valence-electron chi connectivity index (χ0n) is 16.9. The third kappa shape index (κ3) is 4.21. The lowest BCUT2D eigenvalue weighted by molar-refractivity contribution is -0.915. The van der Waals surface area contributed by atoms with Crippen LogP contribution in [-0.4, -0.2) is 36.6 Å². The molecule has 6 nitrogen and oxygen atoms in total. The number of benzene rings is 2. The molecule has 0 saturated heterocycles. The minimum atomic E-state index is -0.581. The molecule has 2 heterocycles. The maximum absolute atomic E-state index is 13.8. The van der Waals surface area contributed by atoms with Crippen LogP contribution < -0.4 is 10.2 Å². The van der Waals surface area contributed by atoms with Gasteiger partial charge >= 0.3 is 5.97 Å². The van der Waals surface area contributed by atoms with Gasteiger partial charge in [-0.15, -0.1) is 0 Å². The number of fused-ring (bicyclic) bond motifs is 2. The van der Waals surface area contributed by atoms with Crippen LogP contribution in [0.1, 0.15) is 35.0 Å². The molecule has 1 aliphatic rings. The number of aromatic amines is 1. The molecule has 0 aliphatic carbocycles. The van der Waals surface area contributed by atoms with Crippen LogP contribution in [0.3, 0.4) is 0 Å². The zero-order valence-corrected chi connectivity index (χ0v) is 16.9. The quantitative estimate of drug-likeness (QED) is 0.547. The van der Waals surface area contributed by atoms with Crippen LogP contribution >= 0.6 is 0 Å². The molecule has 1 atom stereocenters. The van der Waals surface area contributed by atoms with Crippen molar-refractivity contribution in [1.29, 1.82) is 0 Å². The van der Waals surface area contributed by atoms with Crippen LogP contribution in [0, 0.1) is 5.82 Å². The molecule has 1 aliphatic heterocycles. The Morgan fingerprint density at radius 2 is 2.00 bits per heavy atom. The summed E-state index contributed by atoms with van der Waals surface area (Å²) in [5, 5.41) is 3.26. The molecular weight excluding hydrogens is 385 g/mol. The number of halogens is 1. The van der Waals surface area contributed by atoms with E-state index in [1.807, 2.05) is 6.07 Å². The van der Waals surface area contributed by atoms with Gasteiger partial charge in [0.25, 0.3) is 0 Å². The van der Waals surface area contributed by atoms with E-state index in [9.17, 15) is 14.0 Å². The number of nitrogens with one attached hydrogen (secondary N) is 3. The normalized spacial score (nSPS) is 15.6. The van der Waals surface area contributed by atoms with E-state index in [0.29, 0.717) is 23.9 Å². The highest BCUT2D eigenvalue weighted by Gasteiger charge is 2.23. The summed E-state index contributed by atoms with van der Waals surface area (Å²) in [5.74, 6) is -1.23. The SMILES string of the molecule is CCOC(=O)c1[nH]c2ccc(F)cc2c1NC(=O)CC[NH+]1CCc2ccccc2C1. The topological polar surface area (TPSA) is 75.6 Å². The van der Waals surface area contributed by atoms with Gasteiger partial charge in [-0.2, -0.15) is 0 Å². The van der Waals surface area contributed by atoms with Gasteiger partial charge in [0.15, 0.2) is 0 Å². The second-order valence-electron chi connectivity index (χ2n) is 7.53. The summed E-state index contributed by atoms with van der Waals surface area (Å²) in [5.41, 5.74) is 3.67. The minimum Gasteiger partial charge on any atom is -0.461 e. The van der Waals surface area contributed by atoms with Crippen LogP contribution in [0.25, 0.3) is 10.9 Å². The van der Waals surface area contributed by atoms with E-state index >= 15 is 0 Å². The van der Waals surface area contributed by atoms with Gasteiger partial charge in [-0.05, 0) is 30.7 Å². The standard InChI is InChI=1S/C23H24FN3O3/c1-2-30-23(29)22-21(18-13-17(24)7-8-19(18)25-22)26-20(28)10-12-27-11-9-15-5-3-4-6-16(15)14-27/h3-8,13,25H,2,9-12,14H2,1H3,(H,26,28)/p+1. The number of rotatable bonds is 6. The molecule has 0 bridgehead atoms. The molecule has 0 spiro atoms. The summed E-state index contributed by atoms with van der Waals surface area (Å²) < 4.78 is 18.9. The smallest absolute Gasteiger partial charge is 0.356 e. The number of aromatic nitrogens is 1. The van der Waals surface area contributed by atoms with E-state index in [2.05, 4.69) is 28.5 Å². The molecule has 1 amide bonds. The Labute approximate surface area is 174 Å². The zero-order chi connectivity index (χ0) is 21.1. The first kappa shape index (κ1) is 20.1. The van der Waals surface area contributed by atoms with E-state index in [-0.39, 0.29) is 23.9 Å². The minimum absolute atomic E-state index is 0.130. The van der Waals surface area contributed by atoms with Crippen molar-refractivity contribution in [3.8, 4) is 0 Å². The number of hydrogen-bond acceptors (Lipinski definition) is 3. The molecule has 3 aromatic rings. The highest BCUT2D eigenvalue weighted by atomic mass is 19.1. The first-order chi connectivity index (χ1) is 14.5. The molecule has 7 heteroatoms. The molecule has 0 fully saturated rings. The number of H-pyrrole nitrogens is 1. The third-order valence-corrected chi connectivity index (χ3v) is 5.52. The van der Waals surface area contributed by atoms with Crippen molar-refractivity contribution in [2.75, 3.05) is 25.0 Å². The predicted molar refractivity (Wildman–Crippen MR) is 112 cm³/mol. The Morgan fingerprint density at radius 1 is 1.20 bits per heavy atom. The van der Waals surface area contributed by atoms with Gasteiger partial charge in [0, 0.05) is 22.9 Å². The highest BCUT2D eigenvalue weighted by molar-refractivity contribution is 6.11. The fraction of sp³-hybridized carbons (Fsp3) is 0.304. The lowest BCUT2D eigenvalue weighted by Crippen LogP contribution is -3.11. The first-order valence-electron chi connectivity index (χ1n) is 10.2. The summed E-state index contributed by atoms with van der Waals surface area (Å²) in [6, 6.07) is 12.5. The van der Waals surface area contributed by atoms with Gasteiger partial charge in [0.05, 0.1) is 31.8 Å². The van der Waals surface area contributed by atoms with Crippen molar-refractivity contribution < 1.29 is 23.6 Å². The molecule has 1 unspecified atom stereocenters. The Morgan fingerprint density at radius 3 is 2.80 bits per heavy atom. The summed E-state index contributed by atoms with van der Waals surface area (Å²) in [6.07, 6.45) is 1.31. The Bertz CT molecular complexity index is 1090. The van der Waals surface area contributed by atoms with Gasteiger partial charge in [-0.25, -0.2) is 9.18 Å². The van der Waals surface area contributed by atoms with Gasteiger partial charge in [0.2, 0.25) is 5.91 Å². The Kier molecular flexibility index (Phi) is 5.81. The Hall–Kier alpha value is -3.19.